The van der Waals surface area contributed by atoms with Gasteiger partial charge in [0.15, 0.2) is 5.75 Å². The minimum atomic E-state index is 0.463. The van der Waals surface area contributed by atoms with Crippen LogP contribution in [0.3, 0.4) is 0 Å². The molecule has 0 spiro atoms. The minimum absolute atomic E-state index is 0.463. The van der Waals surface area contributed by atoms with Crippen molar-refractivity contribution in [1.29, 1.82) is 0 Å². The highest BCUT2D eigenvalue weighted by atomic mass is 16.5. The number of methoxy groups -OCH3 is 2. The first-order chi connectivity index (χ1) is 11.0. The van der Waals surface area contributed by atoms with Crippen molar-refractivity contribution >= 4 is 5.69 Å². The Morgan fingerprint density at radius 3 is 2.48 bits per heavy atom. The summed E-state index contributed by atoms with van der Waals surface area (Å²) in [4.78, 5) is 4.36. The molecule has 1 aromatic rings. The first-order valence-electron chi connectivity index (χ1n) is 8.79. The Morgan fingerprint density at radius 2 is 1.91 bits per heavy atom. The van der Waals surface area contributed by atoms with E-state index in [-0.39, 0.29) is 0 Å². The van der Waals surface area contributed by atoms with Gasteiger partial charge >= 0.3 is 0 Å². The maximum atomic E-state index is 5.56. The molecule has 0 aromatic carbocycles. The molecule has 0 unspecified atom stereocenters. The monoisotopic (exact) mass is 320 g/mol. The van der Waals surface area contributed by atoms with Gasteiger partial charge < -0.3 is 14.8 Å². The van der Waals surface area contributed by atoms with Gasteiger partial charge in [0.1, 0.15) is 5.69 Å². The van der Waals surface area contributed by atoms with E-state index < -0.39 is 0 Å². The van der Waals surface area contributed by atoms with Crippen LogP contribution in [0.15, 0.2) is 12.3 Å². The fourth-order valence-corrected chi connectivity index (χ4v) is 3.60. The molecule has 1 saturated carbocycles. The molecule has 4 nitrogen and oxygen atoms in total. The van der Waals surface area contributed by atoms with Gasteiger partial charge in [0.25, 0.3) is 0 Å². The third-order valence-corrected chi connectivity index (χ3v) is 5.57. The molecule has 0 aliphatic heterocycles. The maximum absolute atomic E-state index is 5.56. The average molecular weight is 320 g/mol. The normalized spacial score (nSPS) is 22.0. The van der Waals surface area contributed by atoms with Crippen molar-refractivity contribution in [3.8, 4) is 5.75 Å². The molecule has 1 aliphatic rings. The summed E-state index contributed by atoms with van der Waals surface area (Å²) in [6, 6.07) is 2.52. The number of ether oxygens (including phenoxy) is 2. The van der Waals surface area contributed by atoms with E-state index in [0.29, 0.717) is 18.1 Å². The van der Waals surface area contributed by atoms with E-state index >= 15 is 0 Å². The number of hydrogen-bond donors (Lipinski definition) is 1. The smallest absolute Gasteiger partial charge is 0.165 e. The Morgan fingerprint density at radius 1 is 1.22 bits per heavy atom. The highest BCUT2D eigenvalue weighted by Gasteiger charge is 2.32. The SMILES string of the molecule is CCC(C)(C)C1CCC(Nc2ccnc(COC)c2OC)CC1. The summed E-state index contributed by atoms with van der Waals surface area (Å²) in [7, 11) is 3.38. The summed E-state index contributed by atoms with van der Waals surface area (Å²) in [6.07, 6.45) is 8.13. The lowest BCUT2D eigenvalue weighted by molar-refractivity contribution is 0.147. The molecule has 1 fully saturated rings. The number of hydrogen-bond acceptors (Lipinski definition) is 4. The van der Waals surface area contributed by atoms with Crippen LogP contribution < -0.4 is 10.1 Å². The van der Waals surface area contributed by atoms with E-state index in [4.69, 9.17) is 9.47 Å². The van der Waals surface area contributed by atoms with Gasteiger partial charge in [0, 0.05) is 19.3 Å². The van der Waals surface area contributed by atoms with Crippen LogP contribution in [-0.4, -0.2) is 25.2 Å². The molecular formula is C19H32N2O2. The van der Waals surface area contributed by atoms with Crippen molar-refractivity contribution < 1.29 is 9.47 Å². The molecule has 1 N–H and O–H groups in total. The molecule has 0 bridgehead atoms. The van der Waals surface area contributed by atoms with Gasteiger partial charge in [-0.3, -0.25) is 4.98 Å². The van der Waals surface area contributed by atoms with Gasteiger partial charge in [-0.15, -0.1) is 0 Å². The molecule has 1 aliphatic carbocycles. The van der Waals surface area contributed by atoms with Crippen molar-refractivity contribution in [3.05, 3.63) is 18.0 Å². The molecule has 1 aromatic heterocycles. The van der Waals surface area contributed by atoms with Gasteiger partial charge in [-0.05, 0) is 43.1 Å². The van der Waals surface area contributed by atoms with Gasteiger partial charge in [-0.1, -0.05) is 27.2 Å². The third-order valence-electron chi connectivity index (χ3n) is 5.57. The second kappa shape index (κ2) is 8.00. The Hall–Kier alpha value is -1.29. The van der Waals surface area contributed by atoms with Crippen LogP contribution in [0, 0.1) is 11.3 Å². The number of rotatable bonds is 7. The molecule has 0 saturated heterocycles. The zero-order chi connectivity index (χ0) is 16.9. The van der Waals surface area contributed by atoms with E-state index in [1.54, 1.807) is 14.2 Å². The number of anilines is 1. The maximum Gasteiger partial charge on any atom is 0.165 e. The van der Waals surface area contributed by atoms with Gasteiger partial charge in [0.2, 0.25) is 0 Å². The molecule has 4 heteroatoms. The summed E-state index contributed by atoms with van der Waals surface area (Å²) < 4.78 is 10.8. The Bertz CT molecular complexity index is 494. The molecule has 0 radical (unpaired) electrons. The van der Waals surface area contributed by atoms with Crippen molar-refractivity contribution in [3.63, 3.8) is 0 Å². The first-order valence-corrected chi connectivity index (χ1v) is 8.79. The number of aromatic nitrogens is 1. The average Bonchev–Trinajstić information content (AvgIpc) is 2.56. The Labute approximate surface area is 141 Å². The van der Waals surface area contributed by atoms with Crippen LogP contribution in [0.25, 0.3) is 0 Å². The lowest BCUT2D eigenvalue weighted by Crippen LogP contribution is -2.32. The first kappa shape index (κ1) is 18.1. The Balaban J connectivity index is 2.00. The predicted molar refractivity (Wildman–Crippen MR) is 94.9 cm³/mol. The van der Waals surface area contributed by atoms with Gasteiger partial charge in [-0.25, -0.2) is 0 Å². The molecular weight excluding hydrogens is 288 g/mol. The molecule has 130 valence electrons. The number of nitrogens with zero attached hydrogens (tertiary/aromatic N) is 1. The molecule has 2 rings (SSSR count). The van der Waals surface area contributed by atoms with Gasteiger partial charge in [-0.2, -0.15) is 0 Å². The van der Waals surface area contributed by atoms with E-state index in [9.17, 15) is 0 Å². The standard InChI is InChI=1S/C19H32N2O2/c1-6-19(2,3)14-7-9-15(10-8-14)21-16-11-12-20-17(13-22-4)18(16)23-5/h11-12,14-15H,6-10,13H2,1-5H3,(H,20,21). The summed E-state index contributed by atoms with van der Waals surface area (Å²) in [5.74, 6) is 1.65. The second-order valence-electron chi connectivity index (χ2n) is 7.31. The van der Waals surface area contributed by atoms with Crippen molar-refractivity contribution in [1.82, 2.24) is 4.98 Å². The summed E-state index contributed by atoms with van der Waals surface area (Å²) >= 11 is 0. The minimum Gasteiger partial charge on any atom is -0.493 e. The third kappa shape index (κ3) is 4.37. The molecule has 23 heavy (non-hydrogen) atoms. The lowest BCUT2D eigenvalue weighted by atomic mass is 9.69. The van der Waals surface area contributed by atoms with Crippen LogP contribution in [0.4, 0.5) is 5.69 Å². The fourth-order valence-electron chi connectivity index (χ4n) is 3.60. The van der Waals surface area contributed by atoms with Crippen LogP contribution >= 0.6 is 0 Å². The zero-order valence-corrected chi connectivity index (χ0v) is 15.3. The van der Waals surface area contributed by atoms with E-state index in [0.717, 1.165) is 23.0 Å². The lowest BCUT2D eigenvalue weighted by Gasteiger charge is -2.39. The van der Waals surface area contributed by atoms with Gasteiger partial charge in [0.05, 0.1) is 19.4 Å². The topological polar surface area (TPSA) is 43.4 Å². The zero-order valence-electron chi connectivity index (χ0n) is 15.3. The summed E-state index contributed by atoms with van der Waals surface area (Å²) in [6.45, 7) is 7.60. The van der Waals surface area contributed by atoms with E-state index in [2.05, 4.69) is 31.1 Å². The van der Waals surface area contributed by atoms with Crippen LogP contribution in [-0.2, 0) is 11.3 Å². The quantitative estimate of drug-likeness (QED) is 0.794. The van der Waals surface area contributed by atoms with Crippen LogP contribution in [0.5, 0.6) is 5.75 Å². The molecule has 1 heterocycles. The largest absolute Gasteiger partial charge is 0.493 e. The molecule has 0 atom stereocenters. The van der Waals surface area contributed by atoms with Crippen LogP contribution in [0.2, 0.25) is 0 Å². The molecule has 0 amide bonds. The van der Waals surface area contributed by atoms with Crippen molar-refractivity contribution in [2.24, 2.45) is 11.3 Å². The number of nitrogens with one attached hydrogen (secondary N) is 1. The van der Waals surface area contributed by atoms with Crippen molar-refractivity contribution in [2.75, 3.05) is 19.5 Å². The predicted octanol–water partition coefficient (Wildman–Crippen LogP) is 4.64. The summed E-state index contributed by atoms with van der Waals surface area (Å²) in [5.41, 5.74) is 2.35. The Kier molecular flexibility index (Phi) is 6.28. The highest BCUT2D eigenvalue weighted by Crippen LogP contribution is 2.41. The fraction of sp³-hybridized carbons (Fsp3) is 0.737. The number of pyridine rings is 1. The highest BCUT2D eigenvalue weighted by molar-refractivity contribution is 5.58. The summed E-state index contributed by atoms with van der Waals surface area (Å²) in [5, 5.41) is 3.67. The van der Waals surface area contributed by atoms with E-state index in [1.807, 2.05) is 12.3 Å². The van der Waals surface area contributed by atoms with Crippen molar-refractivity contribution in [2.45, 2.75) is 65.5 Å². The second-order valence-corrected chi connectivity index (χ2v) is 7.31. The van der Waals surface area contributed by atoms with E-state index in [1.165, 1.54) is 32.1 Å². The van der Waals surface area contributed by atoms with Crippen LogP contribution in [0.1, 0.15) is 58.6 Å².